The third-order valence-corrected chi connectivity index (χ3v) is 4.52. The van der Waals surface area contributed by atoms with Gasteiger partial charge in [-0.05, 0) is 35.8 Å². The van der Waals surface area contributed by atoms with E-state index in [1.54, 1.807) is 16.7 Å². The van der Waals surface area contributed by atoms with Crippen LogP contribution >= 0.6 is 23.2 Å². The van der Waals surface area contributed by atoms with E-state index in [-0.39, 0.29) is 5.56 Å². The molecular weight excluding hydrogens is 331 g/mol. The molecule has 0 fully saturated rings. The molecule has 2 aromatic carbocycles. The van der Waals surface area contributed by atoms with E-state index in [1.165, 1.54) is 0 Å². The molecule has 4 rings (SSSR count). The molecule has 1 aliphatic heterocycles. The van der Waals surface area contributed by atoms with Gasteiger partial charge in [0, 0.05) is 11.6 Å². The molecule has 0 radical (unpaired) electrons. The smallest absolute Gasteiger partial charge is 0.261 e. The Hall–Kier alpha value is -2.10. The zero-order valence-corrected chi connectivity index (χ0v) is 13.6. The number of hydrogen-bond acceptors (Lipinski definition) is 2. The van der Waals surface area contributed by atoms with Crippen molar-refractivity contribution in [3.8, 4) is 0 Å². The number of fused-ring (bicyclic) bond motifs is 2. The van der Waals surface area contributed by atoms with Gasteiger partial charge in [-0.1, -0.05) is 53.5 Å². The maximum Gasteiger partial charge on any atom is 0.261 e. The summed E-state index contributed by atoms with van der Waals surface area (Å²) in [6, 6.07) is 13.3. The normalized spacial score (nSPS) is 15.3. The Balaban J connectivity index is 1.96. The standard InChI is InChI=1S/C18H12Cl2N2O/c19-13-9-14-16(15(20)10-13)21-17-12(6-7-22(17)18(14)23)8-11-4-2-1-3-5-11/h1-5,8-10H,6-7H2/b12-8+. The summed E-state index contributed by atoms with van der Waals surface area (Å²) in [4.78, 5) is 17.3. The Morgan fingerprint density at radius 3 is 2.70 bits per heavy atom. The second-order valence-electron chi connectivity index (χ2n) is 5.51. The van der Waals surface area contributed by atoms with Crippen molar-refractivity contribution in [3.63, 3.8) is 0 Å². The van der Waals surface area contributed by atoms with Gasteiger partial charge in [-0.15, -0.1) is 0 Å². The van der Waals surface area contributed by atoms with E-state index in [9.17, 15) is 4.79 Å². The highest BCUT2D eigenvalue weighted by molar-refractivity contribution is 6.38. The van der Waals surface area contributed by atoms with Crippen molar-refractivity contribution in [3.05, 3.63) is 74.3 Å². The molecule has 1 aliphatic rings. The molecule has 0 spiro atoms. The molecule has 5 heteroatoms. The summed E-state index contributed by atoms with van der Waals surface area (Å²) in [5.41, 5.74) is 2.55. The quantitative estimate of drug-likeness (QED) is 0.645. The summed E-state index contributed by atoms with van der Waals surface area (Å²) in [6.45, 7) is 0.625. The van der Waals surface area contributed by atoms with E-state index in [1.807, 2.05) is 30.3 Å². The van der Waals surface area contributed by atoms with Crippen molar-refractivity contribution in [2.45, 2.75) is 13.0 Å². The van der Waals surface area contributed by atoms with Gasteiger partial charge in [-0.25, -0.2) is 4.98 Å². The van der Waals surface area contributed by atoms with Crippen LogP contribution < -0.4 is 5.56 Å². The number of halogens is 2. The summed E-state index contributed by atoms with van der Waals surface area (Å²) < 4.78 is 1.70. The minimum absolute atomic E-state index is 0.0918. The fourth-order valence-corrected chi connectivity index (χ4v) is 3.47. The minimum Gasteiger partial charge on any atom is -0.292 e. The summed E-state index contributed by atoms with van der Waals surface area (Å²) >= 11 is 12.2. The predicted octanol–water partition coefficient (Wildman–Crippen LogP) is 4.65. The molecule has 3 nitrogen and oxygen atoms in total. The van der Waals surface area contributed by atoms with Crippen LogP contribution in [0.4, 0.5) is 0 Å². The van der Waals surface area contributed by atoms with Crippen molar-refractivity contribution in [2.75, 3.05) is 0 Å². The van der Waals surface area contributed by atoms with E-state index in [4.69, 9.17) is 23.2 Å². The first-order valence-electron chi connectivity index (χ1n) is 7.29. The third-order valence-electron chi connectivity index (χ3n) is 4.01. The summed E-state index contributed by atoms with van der Waals surface area (Å²) in [7, 11) is 0. The lowest BCUT2D eigenvalue weighted by atomic mass is 10.1. The Morgan fingerprint density at radius 2 is 1.91 bits per heavy atom. The monoisotopic (exact) mass is 342 g/mol. The number of aromatic nitrogens is 2. The van der Waals surface area contributed by atoms with Crippen LogP contribution in [0.15, 0.2) is 47.3 Å². The molecule has 0 amide bonds. The van der Waals surface area contributed by atoms with E-state index in [0.29, 0.717) is 33.3 Å². The van der Waals surface area contributed by atoms with Gasteiger partial charge in [0.15, 0.2) is 0 Å². The van der Waals surface area contributed by atoms with Crippen molar-refractivity contribution in [2.24, 2.45) is 0 Å². The topological polar surface area (TPSA) is 34.9 Å². The highest BCUT2D eigenvalue weighted by atomic mass is 35.5. The third kappa shape index (κ3) is 2.46. The van der Waals surface area contributed by atoms with Gasteiger partial charge in [-0.3, -0.25) is 9.36 Å². The molecule has 0 atom stereocenters. The molecule has 114 valence electrons. The van der Waals surface area contributed by atoms with Crippen LogP contribution in [0.5, 0.6) is 0 Å². The Kier molecular flexibility index (Phi) is 3.47. The molecule has 0 saturated heterocycles. The number of hydrogen-bond donors (Lipinski definition) is 0. The van der Waals surface area contributed by atoms with Gasteiger partial charge in [-0.2, -0.15) is 0 Å². The number of rotatable bonds is 1. The van der Waals surface area contributed by atoms with Gasteiger partial charge >= 0.3 is 0 Å². The summed E-state index contributed by atoms with van der Waals surface area (Å²) in [5, 5.41) is 1.31. The molecule has 0 bridgehead atoms. The van der Waals surface area contributed by atoms with Crippen molar-refractivity contribution in [1.29, 1.82) is 0 Å². The molecule has 23 heavy (non-hydrogen) atoms. The Morgan fingerprint density at radius 1 is 1.13 bits per heavy atom. The number of allylic oxidation sites excluding steroid dienone is 1. The van der Waals surface area contributed by atoms with Crippen LogP contribution in [-0.4, -0.2) is 9.55 Å². The van der Waals surface area contributed by atoms with Crippen molar-refractivity contribution >= 4 is 45.8 Å². The van der Waals surface area contributed by atoms with Crippen molar-refractivity contribution < 1.29 is 0 Å². The zero-order chi connectivity index (χ0) is 16.0. The highest BCUT2D eigenvalue weighted by Crippen LogP contribution is 2.30. The van der Waals surface area contributed by atoms with E-state index in [0.717, 1.165) is 17.6 Å². The van der Waals surface area contributed by atoms with Crippen LogP contribution in [-0.2, 0) is 6.54 Å². The fraction of sp³-hybridized carbons (Fsp3) is 0.111. The van der Waals surface area contributed by atoms with Gasteiger partial charge in [0.1, 0.15) is 5.82 Å². The Labute approximate surface area is 142 Å². The van der Waals surface area contributed by atoms with Crippen LogP contribution in [0, 0.1) is 0 Å². The van der Waals surface area contributed by atoms with Gasteiger partial charge < -0.3 is 0 Å². The molecule has 0 N–H and O–H groups in total. The summed E-state index contributed by atoms with van der Waals surface area (Å²) in [6.07, 6.45) is 2.85. The lowest BCUT2D eigenvalue weighted by molar-refractivity contribution is 0.725. The van der Waals surface area contributed by atoms with Gasteiger partial charge in [0.05, 0.1) is 15.9 Å². The molecule has 3 aromatic rings. The second-order valence-corrected chi connectivity index (χ2v) is 6.35. The molecular formula is C18H12Cl2N2O. The highest BCUT2D eigenvalue weighted by Gasteiger charge is 2.22. The fourth-order valence-electron chi connectivity index (χ4n) is 2.93. The molecule has 2 heterocycles. The van der Waals surface area contributed by atoms with Crippen LogP contribution in [0.2, 0.25) is 10.0 Å². The lowest BCUT2D eigenvalue weighted by Crippen LogP contribution is -2.20. The van der Waals surface area contributed by atoms with Crippen LogP contribution in [0.1, 0.15) is 17.8 Å². The molecule has 1 aromatic heterocycles. The summed E-state index contributed by atoms with van der Waals surface area (Å²) in [5.74, 6) is 0.690. The average molecular weight is 343 g/mol. The van der Waals surface area contributed by atoms with E-state index < -0.39 is 0 Å². The van der Waals surface area contributed by atoms with E-state index >= 15 is 0 Å². The van der Waals surface area contributed by atoms with Gasteiger partial charge in [0.2, 0.25) is 0 Å². The van der Waals surface area contributed by atoms with Crippen LogP contribution in [0.3, 0.4) is 0 Å². The predicted molar refractivity (Wildman–Crippen MR) is 95.0 cm³/mol. The molecule has 0 aliphatic carbocycles. The molecule has 0 saturated carbocycles. The first kappa shape index (κ1) is 14.5. The second kappa shape index (κ2) is 5.52. The first-order valence-corrected chi connectivity index (χ1v) is 8.04. The average Bonchev–Trinajstić information content (AvgIpc) is 2.93. The van der Waals surface area contributed by atoms with Gasteiger partial charge in [0.25, 0.3) is 5.56 Å². The maximum atomic E-state index is 12.7. The minimum atomic E-state index is -0.0918. The number of nitrogens with zero attached hydrogens (tertiary/aromatic N) is 2. The van der Waals surface area contributed by atoms with E-state index in [2.05, 4.69) is 11.1 Å². The largest absolute Gasteiger partial charge is 0.292 e. The lowest BCUT2D eigenvalue weighted by Gasteiger charge is -2.07. The van der Waals surface area contributed by atoms with Crippen LogP contribution in [0.25, 0.3) is 22.6 Å². The molecule has 0 unspecified atom stereocenters. The Bertz CT molecular complexity index is 1010. The van der Waals surface area contributed by atoms with Crippen molar-refractivity contribution in [1.82, 2.24) is 9.55 Å². The first-order chi connectivity index (χ1) is 11.1. The zero-order valence-electron chi connectivity index (χ0n) is 12.1. The number of benzene rings is 2. The SMILES string of the molecule is O=c1c2cc(Cl)cc(Cl)c2nc2n1CC/C2=C\c1ccccc1. The maximum absolute atomic E-state index is 12.7.